The smallest absolute Gasteiger partial charge is 0.404 e. The van der Waals surface area contributed by atoms with E-state index in [0.717, 1.165) is 88.3 Å². The zero-order chi connectivity index (χ0) is 37.3. The molecule has 2 aromatic carbocycles. The standard InChI is InChI=1S/C40H51FN6O5S/c1-3-37-43-17-20-45(37)27-40(30-7-5-8-31(41)21-30,35-9-6-10-36(35)52-39(42)49)29-15-18-44(19-16-29)22-28-23-46(24-28)32-11-13-33(14-12-32)53(50,51)34-25-47(26-34)38(48)4-2/h4-5,7-8,11-14,17,20-21,28-29,34-36H,2-3,6,9-10,15-16,18-19,22-27H2,1H3,(H2,42,49)/t35-,36-,40-/m0/s1. The first-order valence-electron chi connectivity index (χ1n) is 19.0. The molecule has 7 rings (SSSR count). The van der Waals surface area contributed by atoms with Gasteiger partial charge in [-0.3, -0.25) is 4.79 Å². The van der Waals surface area contributed by atoms with E-state index in [0.29, 0.717) is 12.5 Å². The van der Waals surface area contributed by atoms with Gasteiger partial charge in [-0.05, 0) is 99.1 Å². The van der Waals surface area contributed by atoms with Gasteiger partial charge in [-0.15, -0.1) is 0 Å². The van der Waals surface area contributed by atoms with Crippen LogP contribution in [0, 0.1) is 23.6 Å². The summed E-state index contributed by atoms with van der Waals surface area (Å²) in [6, 6.07) is 14.2. The van der Waals surface area contributed by atoms with E-state index in [9.17, 15) is 18.0 Å². The third kappa shape index (κ3) is 7.34. The molecule has 3 aromatic rings. The van der Waals surface area contributed by atoms with E-state index >= 15 is 4.39 Å². The summed E-state index contributed by atoms with van der Waals surface area (Å²) < 4.78 is 49.3. The van der Waals surface area contributed by atoms with Crippen molar-refractivity contribution >= 4 is 27.5 Å². The van der Waals surface area contributed by atoms with Gasteiger partial charge in [0.15, 0.2) is 9.84 Å². The van der Waals surface area contributed by atoms with Crippen LogP contribution in [0.2, 0.25) is 0 Å². The van der Waals surface area contributed by atoms with Gasteiger partial charge < -0.3 is 29.7 Å². The summed E-state index contributed by atoms with van der Waals surface area (Å²) in [6.45, 7) is 11.2. The van der Waals surface area contributed by atoms with Crippen molar-refractivity contribution < 1.29 is 27.1 Å². The molecule has 0 radical (unpaired) electrons. The number of carbonyl (C=O) groups excluding carboxylic acids is 2. The first kappa shape index (κ1) is 37.1. The lowest BCUT2D eigenvalue weighted by atomic mass is 9.58. The predicted molar refractivity (Wildman–Crippen MR) is 201 cm³/mol. The molecule has 1 saturated carbocycles. The summed E-state index contributed by atoms with van der Waals surface area (Å²) >= 11 is 0. The zero-order valence-electron chi connectivity index (χ0n) is 30.5. The number of nitrogens with two attached hydrogens (primary N) is 1. The second kappa shape index (κ2) is 15.3. The lowest BCUT2D eigenvalue weighted by Crippen LogP contribution is -2.56. The highest BCUT2D eigenvalue weighted by atomic mass is 32.2. The number of carbonyl (C=O) groups is 2. The summed E-state index contributed by atoms with van der Waals surface area (Å²) in [5.74, 6) is 1.15. The van der Waals surface area contributed by atoms with Gasteiger partial charge in [0.25, 0.3) is 0 Å². The average Bonchev–Trinajstić information content (AvgIpc) is 3.77. The number of nitrogens with zero attached hydrogens (tertiary/aromatic N) is 5. The van der Waals surface area contributed by atoms with E-state index in [1.807, 2.05) is 24.5 Å². The molecule has 11 nitrogen and oxygen atoms in total. The minimum Gasteiger partial charge on any atom is -0.446 e. The first-order chi connectivity index (χ1) is 25.5. The van der Waals surface area contributed by atoms with Crippen LogP contribution in [-0.4, -0.2) is 96.9 Å². The van der Waals surface area contributed by atoms with Crippen LogP contribution < -0.4 is 10.6 Å². The van der Waals surface area contributed by atoms with E-state index in [4.69, 9.17) is 10.5 Å². The highest BCUT2D eigenvalue weighted by molar-refractivity contribution is 7.92. The molecule has 13 heteroatoms. The van der Waals surface area contributed by atoms with Crippen LogP contribution in [0.25, 0.3) is 0 Å². The number of hydrogen-bond donors (Lipinski definition) is 1. The van der Waals surface area contributed by atoms with Crippen LogP contribution in [0.3, 0.4) is 0 Å². The van der Waals surface area contributed by atoms with Gasteiger partial charge in [0.2, 0.25) is 5.91 Å². The van der Waals surface area contributed by atoms with Crippen molar-refractivity contribution in [1.29, 1.82) is 0 Å². The minimum atomic E-state index is -3.51. The fourth-order valence-electron chi connectivity index (χ4n) is 9.63. The summed E-state index contributed by atoms with van der Waals surface area (Å²) in [5, 5.41) is -0.587. The number of sulfone groups is 1. The Morgan fingerprint density at radius 3 is 2.45 bits per heavy atom. The molecule has 2 amide bonds. The predicted octanol–water partition coefficient (Wildman–Crippen LogP) is 4.81. The molecule has 0 spiro atoms. The Labute approximate surface area is 311 Å². The number of amides is 2. The molecular weight excluding hydrogens is 696 g/mol. The number of aryl methyl sites for hydroxylation is 1. The van der Waals surface area contributed by atoms with Crippen LogP contribution in [0.5, 0.6) is 0 Å². The van der Waals surface area contributed by atoms with Gasteiger partial charge in [0.05, 0.1) is 4.90 Å². The molecule has 3 atom stereocenters. The molecular formula is C40H51FN6O5S. The lowest BCUT2D eigenvalue weighted by Gasteiger charge is -2.51. The second-order valence-electron chi connectivity index (χ2n) is 15.3. The lowest BCUT2D eigenvalue weighted by molar-refractivity contribution is -0.129. The van der Waals surface area contributed by atoms with Gasteiger partial charge >= 0.3 is 6.09 Å². The van der Waals surface area contributed by atoms with Crippen molar-refractivity contribution in [2.45, 2.75) is 73.7 Å². The fourth-order valence-corrected chi connectivity index (χ4v) is 11.3. The highest BCUT2D eigenvalue weighted by Crippen LogP contribution is 2.52. The number of primary amides is 1. The van der Waals surface area contributed by atoms with Crippen LogP contribution in [0.4, 0.5) is 14.9 Å². The Morgan fingerprint density at radius 1 is 1.06 bits per heavy atom. The number of piperidine rings is 1. The molecule has 3 saturated heterocycles. The van der Waals surface area contributed by atoms with E-state index < -0.39 is 26.6 Å². The largest absolute Gasteiger partial charge is 0.446 e. The third-order valence-corrected chi connectivity index (χ3v) is 14.5. The molecule has 4 fully saturated rings. The Bertz CT molecular complexity index is 1900. The fraction of sp³-hybridized carbons (Fsp3) is 0.525. The normalized spacial score (nSPS) is 22.9. The summed E-state index contributed by atoms with van der Waals surface area (Å²) in [6.07, 6.45) is 9.11. The molecule has 4 aliphatic rings. The van der Waals surface area contributed by atoms with Crippen molar-refractivity contribution in [3.05, 3.63) is 90.8 Å². The van der Waals surface area contributed by atoms with E-state index in [-0.39, 0.29) is 47.6 Å². The zero-order valence-corrected chi connectivity index (χ0v) is 31.3. The van der Waals surface area contributed by atoms with Crippen molar-refractivity contribution in [2.75, 3.05) is 50.7 Å². The molecule has 4 heterocycles. The van der Waals surface area contributed by atoms with Crippen LogP contribution in [0.1, 0.15) is 50.4 Å². The van der Waals surface area contributed by atoms with Crippen molar-refractivity contribution in [3.63, 3.8) is 0 Å². The Kier molecular flexibility index (Phi) is 10.7. The Morgan fingerprint density at radius 2 is 1.79 bits per heavy atom. The summed E-state index contributed by atoms with van der Waals surface area (Å²) in [5.41, 5.74) is 7.06. The number of rotatable bonds is 13. The molecule has 1 aliphatic carbocycles. The summed E-state index contributed by atoms with van der Waals surface area (Å²) in [7, 11) is -3.51. The third-order valence-electron chi connectivity index (χ3n) is 12.4. The van der Waals surface area contributed by atoms with E-state index in [1.165, 1.54) is 17.0 Å². The Hall–Kier alpha value is -4.23. The minimum absolute atomic E-state index is 0.0214. The van der Waals surface area contributed by atoms with Gasteiger partial charge in [-0.25, -0.2) is 22.6 Å². The van der Waals surface area contributed by atoms with Crippen LogP contribution >= 0.6 is 0 Å². The molecule has 0 unspecified atom stereocenters. The number of aromatic nitrogens is 2. The number of likely N-dealkylation sites (tertiary alicyclic amines) is 2. The van der Waals surface area contributed by atoms with Gasteiger partial charge in [-0.1, -0.05) is 25.6 Å². The van der Waals surface area contributed by atoms with Crippen LogP contribution in [0.15, 0.2) is 78.5 Å². The number of imidazole rings is 1. The van der Waals surface area contributed by atoms with Crippen molar-refractivity contribution in [3.8, 4) is 0 Å². The van der Waals surface area contributed by atoms with E-state index in [1.54, 1.807) is 24.3 Å². The van der Waals surface area contributed by atoms with E-state index in [2.05, 4.69) is 38.9 Å². The van der Waals surface area contributed by atoms with Gasteiger partial charge in [-0.2, -0.15) is 0 Å². The number of halogens is 1. The molecule has 284 valence electrons. The van der Waals surface area contributed by atoms with Crippen LogP contribution in [-0.2, 0) is 37.7 Å². The van der Waals surface area contributed by atoms with Gasteiger partial charge in [0.1, 0.15) is 23.0 Å². The highest BCUT2D eigenvalue weighted by Gasteiger charge is 2.53. The number of anilines is 1. The molecule has 53 heavy (non-hydrogen) atoms. The maximum atomic E-state index is 15.1. The SMILES string of the molecule is C=CC(=O)N1CC(S(=O)(=O)c2ccc(N3CC(CN4CCC([C@@](Cn5ccnc5CC)(c5cccc(F)c5)[C@H]5CCC[C@@H]5OC(N)=O)CC4)C3)cc2)C1. The summed E-state index contributed by atoms with van der Waals surface area (Å²) in [4.78, 5) is 35.1. The maximum Gasteiger partial charge on any atom is 0.404 e. The number of ether oxygens (including phenoxy) is 1. The van der Waals surface area contributed by atoms with Crippen molar-refractivity contribution in [1.82, 2.24) is 19.4 Å². The van der Waals surface area contributed by atoms with Gasteiger partial charge in [0, 0.05) is 81.0 Å². The quantitative estimate of drug-likeness (QED) is 0.247. The monoisotopic (exact) mass is 746 g/mol. The number of hydrogen-bond acceptors (Lipinski definition) is 8. The second-order valence-corrected chi connectivity index (χ2v) is 17.6. The first-order valence-corrected chi connectivity index (χ1v) is 20.5. The van der Waals surface area contributed by atoms with Crippen molar-refractivity contribution in [2.24, 2.45) is 23.5 Å². The topological polar surface area (TPSA) is 131 Å². The average molecular weight is 747 g/mol. The Balaban J connectivity index is 1.02. The molecule has 1 aromatic heterocycles. The number of benzene rings is 2. The maximum absolute atomic E-state index is 15.1. The molecule has 0 bridgehead atoms. The molecule has 2 N–H and O–H groups in total. The molecule has 3 aliphatic heterocycles.